The summed E-state index contributed by atoms with van der Waals surface area (Å²) in [6, 6.07) is 6.08. The molecule has 3 atom stereocenters. The maximum Gasteiger partial charge on any atom is 0.320 e. The highest BCUT2D eigenvalue weighted by Crippen LogP contribution is 2.40. The van der Waals surface area contributed by atoms with Crippen molar-refractivity contribution in [2.24, 2.45) is 5.92 Å². The molecule has 1 aromatic carbocycles. The van der Waals surface area contributed by atoms with Gasteiger partial charge in [0, 0.05) is 22.6 Å². The van der Waals surface area contributed by atoms with Crippen molar-refractivity contribution in [2.75, 3.05) is 13.2 Å². The highest BCUT2D eigenvalue weighted by atomic mass is 79.9. The first-order valence-corrected chi connectivity index (χ1v) is 9.51. The van der Waals surface area contributed by atoms with Crippen molar-refractivity contribution in [3.63, 3.8) is 0 Å². The van der Waals surface area contributed by atoms with E-state index in [0.29, 0.717) is 25.1 Å². The summed E-state index contributed by atoms with van der Waals surface area (Å²) >= 11 is 3.50. The van der Waals surface area contributed by atoms with Crippen molar-refractivity contribution in [1.29, 1.82) is 0 Å². The van der Waals surface area contributed by atoms with Crippen LogP contribution in [-0.4, -0.2) is 41.2 Å². The third-order valence-electron chi connectivity index (χ3n) is 5.64. The summed E-state index contributed by atoms with van der Waals surface area (Å²) in [5.74, 6) is 0.768. The van der Waals surface area contributed by atoms with Crippen molar-refractivity contribution in [1.82, 2.24) is 4.90 Å². The predicted octanol–water partition coefficient (Wildman–Crippen LogP) is 3.94. The first-order valence-electron chi connectivity index (χ1n) is 8.72. The van der Waals surface area contributed by atoms with Crippen molar-refractivity contribution < 1.29 is 14.6 Å². The molecule has 1 N–H and O–H groups in total. The van der Waals surface area contributed by atoms with Crippen LogP contribution in [0.5, 0.6) is 5.75 Å². The molecule has 1 saturated heterocycles. The van der Waals surface area contributed by atoms with Gasteiger partial charge in [-0.1, -0.05) is 28.8 Å². The summed E-state index contributed by atoms with van der Waals surface area (Å²) in [6.45, 7) is 1.25. The Morgan fingerprint density at radius 3 is 3.00 bits per heavy atom. The van der Waals surface area contributed by atoms with E-state index in [1.165, 1.54) is 19.3 Å². The number of aliphatic carboxylic acids is 1. The molecular formula is C19H22BrNO3. The average Bonchev–Trinajstić information content (AvgIpc) is 2.93. The smallest absolute Gasteiger partial charge is 0.320 e. The van der Waals surface area contributed by atoms with Gasteiger partial charge in [0.05, 0.1) is 0 Å². The number of benzene rings is 1. The van der Waals surface area contributed by atoms with Crippen LogP contribution in [0.25, 0.3) is 6.08 Å². The zero-order valence-electron chi connectivity index (χ0n) is 13.6. The third-order valence-corrected chi connectivity index (χ3v) is 6.13. The van der Waals surface area contributed by atoms with Crippen LogP contribution in [0.1, 0.15) is 37.7 Å². The lowest BCUT2D eigenvalue weighted by Crippen LogP contribution is -2.43. The van der Waals surface area contributed by atoms with Crippen LogP contribution in [0, 0.1) is 5.92 Å². The summed E-state index contributed by atoms with van der Waals surface area (Å²) in [6.07, 6.45) is 7.74. The van der Waals surface area contributed by atoms with E-state index in [0.717, 1.165) is 34.2 Å². The van der Waals surface area contributed by atoms with E-state index in [4.69, 9.17) is 4.74 Å². The fourth-order valence-corrected chi connectivity index (χ4v) is 4.92. The second-order valence-electron chi connectivity index (χ2n) is 7.15. The number of fused-ring (bicyclic) bond motifs is 2. The Labute approximate surface area is 150 Å². The van der Waals surface area contributed by atoms with Gasteiger partial charge in [0.25, 0.3) is 0 Å². The van der Waals surface area contributed by atoms with E-state index in [1.54, 1.807) is 0 Å². The highest BCUT2D eigenvalue weighted by molar-refractivity contribution is 9.10. The van der Waals surface area contributed by atoms with Gasteiger partial charge in [-0.3, -0.25) is 9.69 Å². The van der Waals surface area contributed by atoms with E-state index < -0.39 is 5.97 Å². The minimum absolute atomic E-state index is 0.345. The zero-order chi connectivity index (χ0) is 16.7. The Morgan fingerprint density at radius 2 is 2.17 bits per heavy atom. The van der Waals surface area contributed by atoms with Gasteiger partial charge in [-0.15, -0.1) is 0 Å². The van der Waals surface area contributed by atoms with Gasteiger partial charge in [0.2, 0.25) is 0 Å². The maximum absolute atomic E-state index is 11.7. The molecule has 4 nitrogen and oxygen atoms in total. The number of likely N-dealkylation sites (tertiary alicyclic amines) is 1. The number of carboxylic acid groups (broad SMARTS) is 1. The number of hydrogen-bond acceptors (Lipinski definition) is 3. The normalized spacial score (nSPS) is 29.4. The van der Waals surface area contributed by atoms with Crippen LogP contribution in [-0.2, 0) is 4.79 Å². The number of halogens is 1. The Balaban J connectivity index is 1.58. The van der Waals surface area contributed by atoms with Gasteiger partial charge in [-0.05, 0) is 55.0 Å². The zero-order valence-corrected chi connectivity index (χ0v) is 15.2. The standard InChI is InChI=1S/C19H22BrNO3/c20-15-5-6-18-14(8-15)7-12(11-24-18)10-21-16-4-2-1-3-13(16)9-17(21)19(22)23/h5-8,13,16-17H,1-4,9-11H2,(H,22,23). The largest absolute Gasteiger partial charge is 0.489 e. The van der Waals surface area contributed by atoms with Crippen LogP contribution in [0.4, 0.5) is 0 Å². The molecular weight excluding hydrogens is 370 g/mol. The summed E-state index contributed by atoms with van der Waals surface area (Å²) in [7, 11) is 0. The molecule has 5 heteroatoms. The van der Waals surface area contributed by atoms with Gasteiger partial charge in [-0.2, -0.15) is 0 Å². The fourth-order valence-electron chi connectivity index (χ4n) is 4.54. The Kier molecular flexibility index (Phi) is 4.39. The van der Waals surface area contributed by atoms with Gasteiger partial charge >= 0.3 is 5.97 Å². The Hall–Kier alpha value is -1.33. The van der Waals surface area contributed by atoms with Crippen molar-refractivity contribution in [2.45, 2.75) is 44.2 Å². The van der Waals surface area contributed by atoms with Crippen LogP contribution in [0.15, 0.2) is 28.2 Å². The summed E-state index contributed by atoms with van der Waals surface area (Å²) in [5, 5.41) is 9.66. The molecule has 0 amide bonds. The summed E-state index contributed by atoms with van der Waals surface area (Å²) in [4.78, 5) is 14.0. The number of carboxylic acids is 1. The molecule has 0 radical (unpaired) electrons. The molecule has 0 spiro atoms. The van der Waals surface area contributed by atoms with Crippen LogP contribution < -0.4 is 4.74 Å². The van der Waals surface area contributed by atoms with Gasteiger partial charge < -0.3 is 9.84 Å². The molecule has 24 heavy (non-hydrogen) atoms. The molecule has 0 aromatic heterocycles. The number of ether oxygens (including phenoxy) is 1. The lowest BCUT2D eigenvalue weighted by Gasteiger charge is -2.34. The molecule has 3 unspecified atom stereocenters. The first kappa shape index (κ1) is 16.2. The molecule has 1 aromatic rings. The Bertz CT molecular complexity index is 687. The monoisotopic (exact) mass is 391 g/mol. The molecule has 2 fully saturated rings. The number of hydrogen-bond donors (Lipinski definition) is 1. The van der Waals surface area contributed by atoms with Crippen molar-refractivity contribution in [3.8, 4) is 5.75 Å². The molecule has 2 heterocycles. The summed E-state index contributed by atoms with van der Waals surface area (Å²) < 4.78 is 6.90. The quantitative estimate of drug-likeness (QED) is 0.847. The van der Waals surface area contributed by atoms with E-state index >= 15 is 0 Å². The molecule has 0 bridgehead atoms. The number of nitrogens with zero attached hydrogens (tertiary/aromatic N) is 1. The topological polar surface area (TPSA) is 49.8 Å². The van der Waals surface area contributed by atoms with Crippen molar-refractivity contribution >= 4 is 28.0 Å². The Morgan fingerprint density at radius 1 is 1.33 bits per heavy atom. The minimum Gasteiger partial charge on any atom is -0.489 e. The SMILES string of the molecule is O=C(O)C1CC2CCCCC2N1CC1=Cc2cc(Br)ccc2OC1. The molecule has 4 rings (SSSR count). The lowest BCUT2D eigenvalue weighted by atomic mass is 9.84. The first-order chi connectivity index (χ1) is 11.6. The maximum atomic E-state index is 11.7. The number of rotatable bonds is 3. The summed E-state index contributed by atoms with van der Waals surface area (Å²) in [5.41, 5.74) is 2.23. The predicted molar refractivity (Wildman–Crippen MR) is 96.1 cm³/mol. The molecule has 128 valence electrons. The average molecular weight is 392 g/mol. The van der Waals surface area contributed by atoms with E-state index in [1.807, 2.05) is 12.1 Å². The van der Waals surface area contributed by atoms with E-state index in [2.05, 4.69) is 33.0 Å². The second-order valence-corrected chi connectivity index (χ2v) is 8.06. The third kappa shape index (κ3) is 3.00. The van der Waals surface area contributed by atoms with Gasteiger partial charge in [0.15, 0.2) is 0 Å². The molecule has 1 aliphatic carbocycles. The van der Waals surface area contributed by atoms with Crippen LogP contribution in [0.3, 0.4) is 0 Å². The van der Waals surface area contributed by atoms with E-state index in [-0.39, 0.29) is 6.04 Å². The van der Waals surface area contributed by atoms with Crippen LogP contribution >= 0.6 is 15.9 Å². The van der Waals surface area contributed by atoms with Gasteiger partial charge in [0.1, 0.15) is 18.4 Å². The van der Waals surface area contributed by atoms with E-state index in [9.17, 15) is 9.90 Å². The van der Waals surface area contributed by atoms with Crippen LogP contribution in [0.2, 0.25) is 0 Å². The van der Waals surface area contributed by atoms with Crippen molar-refractivity contribution in [3.05, 3.63) is 33.8 Å². The van der Waals surface area contributed by atoms with Gasteiger partial charge in [-0.25, -0.2) is 0 Å². The molecule has 2 aliphatic heterocycles. The lowest BCUT2D eigenvalue weighted by molar-refractivity contribution is -0.142. The molecule has 3 aliphatic rings. The minimum atomic E-state index is -0.676. The fraction of sp³-hybridized carbons (Fsp3) is 0.526. The second kappa shape index (κ2) is 6.52. The number of carbonyl (C=O) groups is 1. The highest BCUT2D eigenvalue weighted by Gasteiger charge is 2.45. The molecule has 1 saturated carbocycles.